The van der Waals surface area contributed by atoms with Gasteiger partial charge < -0.3 is 10.1 Å². The summed E-state index contributed by atoms with van der Waals surface area (Å²) in [5.41, 5.74) is 0.632. The summed E-state index contributed by atoms with van der Waals surface area (Å²) in [6.45, 7) is 0.609. The van der Waals surface area contributed by atoms with Crippen LogP contribution in [0.5, 0.6) is 5.75 Å². The van der Waals surface area contributed by atoms with E-state index in [1.807, 2.05) is 24.3 Å². The van der Waals surface area contributed by atoms with E-state index in [9.17, 15) is 4.79 Å². The molecule has 0 saturated heterocycles. The molecule has 0 aliphatic carbocycles. The maximum atomic E-state index is 11.9. The van der Waals surface area contributed by atoms with Gasteiger partial charge in [0.15, 0.2) is 0 Å². The number of rotatable bonds is 6. The Labute approximate surface area is 133 Å². The third-order valence-electron chi connectivity index (χ3n) is 2.82. The maximum absolute atomic E-state index is 11.9. The summed E-state index contributed by atoms with van der Waals surface area (Å²) in [5, 5.41) is 3.62. The third kappa shape index (κ3) is 4.99. The average Bonchev–Trinajstić information content (AvgIpc) is 2.53. The Kier molecular flexibility index (Phi) is 5.96. The fraction of sp³-hybridized carbons (Fsp3) is 0.188. The van der Waals surface area contributed by atoms with Crippen molar-refractivity contribution in [3.63, 3.8) is 0 Å². The normalized spacial score (nSPS) is 10.2. The molecule has 110 valence electrons. The molecule has 0 spiro atoms. The Morgan fingerprint density at radius 3 is 2.43 bits per heavy atom. The van der Waals surface area contributed by atoms with Gasteiger partial charge in [-0.3, -0.25) is 4.79 Å². The Bertz CT molecular complexity index is 584. The summed E-state index contributed by atoms with van der Waals surface area (Å²) >= 11 is 7.51. The number of carbonyl (C=O) groups is 1. The number of benzene rings is 2. The summed E-state index contributed by atoms with van der Waals surface area (Å²) in [4.78, 5) is 13.1. The quantitative estimate of drug-likeness (QED) is 0.648. The fourth-order valence-electron chi connectivity index (χ4n) is 1.71. The van der Waals surface area contributed by atoms with Gasteiger partial charge in [0.05, 0.1) is 7.11 Å². The second kappa shape index (κ2) is 7.96. The first kappa shape index (κ1) is 15.7. The van der Waals surface area contributed by atoms with Crippen molar-refractivity contribution in [2.45, 2.75) is 4.90 Å². The maximum Gasteiger partial charge on any atom is 0.251 e. The van der Waals surface area contributed by atoms with Crippen LogP contribution >= 0.6 is 23.4 Å². The molecule has 5 heteroatoms. The van der Waals surface area contributed by atoms with Gasteiger partial charge in [-0.05, 0) is 48.5 Å². The van der Waals surface area contributed by atoms with Crippen molar-refractivity contribution in [2.24, 2.45) is 0 Å². The summed E-state index contributed by atoms with van der Waals surface area (Å²) in [5.74, 6) is 1.47. The van der Waals surface area contributed by atoms with E-state index in [1.54, 1.807) is 43.1 Å². The predicted octanol–water partition coefficient (Wildman–Crippen LogP) is 3.87. The molecular formula is C16H16ClNO2S. The van der Waals surface area contributed by atoms with Gasteiger partial charge in [-0.2, -0.15) is 0 Å². The van der Waals surface area contributed by atoms with E-state index in [1.165, 1.54) is 0 Å². The summed E-state index contributed by atoms with van der Waals surface area (Å²) in [6, 6.07) is 14.7. The van der Waals surface area contributed by atoms with Crippen molar-refractivity contribution < 1.29 is 9.53 Å². The van der Waals surface area contributed by atoms with Gasteiger partial charge in [0, 0.05) is 27.8 Å². The first-order chi connectivity index (χ1) is 10.2. The molecule has 3 nitrogen and oxygen atoms in total. The van der Waals surface area contributed by atoms with E-state index in [-0.39, 0.29) is 5.91 Å². The summed E-state index contributed by atoms with van der Waals surface area (Å²) < 4.78 is 5.06. The molecular weight excluding hydrogens is 306 g/mol. The van der Waals surface area contributed by atoms with E-state index in [0.717, 1.165) is 21.4 Å². The average molecular weight is 322 g/mol. The minimum absolute atomic E-state index is 0.0747. The monoisotopic (exact) mass is 321 g/mol. The van der Waals surface area contributed by atoms with Crippen molar-refractivity contribution in [1.82, 2.24) is 5.32 Å². The molecule has 0 heterocycles. The van der Waals surface area contributed by atoms with Crippen LogP contribution in [0.3, 0.4) is 0 Å². The molecule has 0 radical (unpaired) electrons. The molecule has 0 fully saturated rings. The SMILES string of the molecule is COc1ccc(C(=O)NCCSc2ccc(Cl)cc2)cc1. The minimum atomic E-state index is -0.0747. The highest BCUT2D eigenvalue weighted by Gasteiger charge is 2.04. The van der Waals surface area contributed by atoms with Gasteiger partial charge >= 0.3 is 0 Å². The number of halogens is 1. The molecule has 0 aliphatic rings. The van der Waals surface area contributed by atoms with Crippen molar-refractivity contribution in [2.75, 3.05) is 19.4 Å². The van der Waals surface area contributed by atoms with E-state index in [4.69, 9.17) is 16.3 Å². The van der Waals surface area contributed by atoms with Crippen molar-refractivity contribution in [3.05, 3.63) is 59.1 Å². The smallest absolute Gasteiger partial charge is 0.251 e. The van der Waals surface area contributed by atoms with E-state index in [0.29, 0.717) is 12.1 Å². The van der Waals surface area contributed by atoms with Gasteiger partial charge in [-0.1, -0.05) is 11.6 Å². The van der Waals surface area contributed by atoms with Crippen LogP contribution in [-0.4, -0.2) is 25.3 Å². The van der Waals surface area contributed by atoms with Crippen LogP contribution in [0, 0.1) is 0 Å². The lowest BCUT2D eigenvalue weighted by atomic mass is 10.2. The highest BCUT2D eigenvalue weighted by molar-refractivity contribution is 7.99. The van der Waals surface area contributed by atoms with Crippen molar-refractivity contribution >= 4 is 29.3 Å². The Morgan fingerprint density at radius 2 is 1.81 bits per heavy atom. The van der Waals surface area contributed by atoms with Gasteiger partial charge in [0.25, 0.3) is 5.91 Å². The first-order valence-corrected chi connectivity index (χ1v) is 7.86. The number of hydrogen-bond acceptors (Lipinski definition) is 3. The molecule has 0 atom stereocenters. The molecule has 2 aromatic carbocycles. The fourth-order valence-corrected chi connectivity index (χ4v) is 2.60. The zero-order valence-corrected chi connectivity index (χ0v) is 13.2. The summed E-state index contributed by atoms with van der Waals surface area (Å²) in [6.07, 6.45) is 0. The molecule has 2 rings (SSSR count). The largest absolute Gasteiger partial charge is 0.497 e. The van der Waals surface area contributed by atoms with Gasteiger partial charge in [-0.15, -0.1) is 11.8 Å². The zero-order chi connectivity index (χ0) is 15.1. The zero-order valence-electron chi connectivity index (χ0n) is 11.6. The highest BCUT2D eigenvalue weighted by Crippen LogP contribution is 2.19. The Balaban J connectivity index is 1.74. The van der Waals surface area contributed by atoms with Crippen LogP contribution < -0.4 is 10.1 Å². The van der Waals surface area contributed by atoms with E-state index < -0.39 is 0 Å². The molecule has 0 unspecified atom stereocenters. The molecule has 0 bridgehead atoms. The molecule has 1 amide bonds. The van der Waals surface area contributed by atoms with Crippen LogP contribution in [0.4, 0.5) is 0 Å². The lowest BCUT2D eigenvalue weighted by Crippen LogP contribution is -2.25. The number of methoxy groups -OCH3 is 1. The van der Waals surface area contributed by atoms with E-state index in [2.05, 4.69) is 5.32 Å². The first-order valence-electron chi connectivity index (χ1n) is 6.49. The van der Waals surface area contributed by atoms with Gasteiger partial charge in [0.2, 0.25) is 0 Å². The molecule has 0 saturated carbocycles. The number of carbonyl (C=O) groups excluding carboxylic acids is 1. The number of nitrogens with one attached hydrogen (secondary N) is 1. The van der Waals surface area contributed by atoms with E-state index >= 15 is 0 Å². The number of amides is 1. The molecule has 21 heavy (non-hydrogen) atoms. The number of ether oxygens (including phenoxy) is 1. The highest BCUT2D eigenvalue weighted by atomic mass is 35.5. The second-order valence-electron chi connectivity index (χ2n) is 4.29. The van der Waals surface area contributed by atoms with Crippen LogP contribution in [-0.2, 0) is 0 Å². The lowest BCUT2D eigenvalue weighted by molar-refractivity contribution is 0.0956. The standard InChI is InChI=1S/C16H16ClNO2S/c1-20-14-6-2-12(3-7-14)16(19)18-10-11-21-15-8-4-13(17)5-9-15/h2-9H,10-11H2,1H3,(H,18,19). The number of thioether (sulfide) groups is 1. The lowest BCUT2D eigenvalue weighted by Gasteiger charge is -2.06. The topological polar surface area (TPSA) is 38.3 Å². The third-order valence-corrected chi connectivity index (χ3v) is 4.09. The van der Waals surface area contributed by atoms with Crippen molar-refractivity contribution in [3.8, 4) is 5.75 Å². The second-order valence-corrected chi connectivity index (χ2v) is 5.89. The Morgan fingerprint density at radius 1 is 1.14 bits per heavy atom. The van der Waals surface area contributed by atoms with Gasteiger partial charge in [0.1, 0.15) is 5.75 Å². The van der Waals surface area contributed by atoms with Crippen LogP contribution in [0.1, 0.15) is 10.4 Å². The van der Waals surface area contributed by atoms with Crippen LogP contribution in [0.2, 0.25) is 5.02 Å². The summed E-state index contributed by atoms with van der Waals surface area (Å²) in [7, 11) is 1.60. The van der Waals surface area contributed by atoms with Crippen LogP contribution in [0.25, 0.3) is 0 Å². The molecule has 0 aromatic heterocycles. The van der Waals surface area contributed by atoms with Crippen molar-refractivity contribution in [1.29, 1.82) is 0 Å². The molecule has 1 N–H and O–H groups in total. The predicted molar refractivity (Wildman–Crippen MR) is 87.5 cm³/mol. The van der Waals surface area contributed by atoms with Crippen LogP contribution in [0.15, 0.2) is 53.4 Å². The molecule has 0 aliphatic heterocycles. The molecule has 2 aromatic rings. The number of hydrogen-bond donors (Lipinski definition) is 1. The Hall–Kier alpha value is -1.65. The van der Waals surface area contributed by atoms with Gasteiger partial charge in [-0.25, -0.2) is 0 Å². The minimum Gasteiger partial charge on any atom is -0.497 e.